The molecule has 0 saturated heterocycles. The average Bonchev–Trinajstić information content (AvgIpc) is 3.15. The summed E-state index contributed by atoms with van der Waals surface area (Å²) < 4.78 is 18.3. The third-order valence-electron chi connectivity index (χ3n) is 9.21. The molecular formula is C44H35OP. The molecule has 0 aliphatic rings. The summed E-state index contributed by atoms with van der Waals surface area (Å²) in [5, 5.41) is -1.41. The van der Waals surface area contributed by atoms with Crippen LogP contribution in [0.3, 0.4) is 0 Å². The van der Waals surface area contributed by atoms with Crippen LogP contribution in [-0.4, -0.2) is 0 Å². The first-order valence-corrected chi connectivity index (χ1v) is 17.4. The van der Waals surface area contributed by atoms with Gasteiger partial charge in [0.05, 0.1) is 0 Å². The van der Waals surface area contributed by atoms with Gasteiger partial charge in [-0.2, -0.15) is 0 Å². The van der Waals surface area contributed by atoms with Gasteiger partial charge in [0.2, 0.25) is 0 Å². The molecule has 0 spiro atoms. The number of rotatable bonds is 9. The van der Waals surface area contributed by atoms with Gasteiger partial charge in [-0.05, 0) is 33.4 Å². The molecular weight excluding hydrogens is 575 g/mol. The van der Waals surface area contributed by atoms with E-state index in [0.29, 0.717) is 0 Å². The molecule has 0 heterocycles. The van der Waals surface area contributed by atoms with Gasteiger partial charge in [-0.25, -0.2) is 0 Å². The van der Waals surface area contributed by atoms with Crippen LogP contribution in [0, 0.1) is 0 Å². The molecule has 0 aliphatic carbocycles. The van der Waals surface area contributed by atoms with Crippen LogP contribution in [0.2, 0.25) is 0 Å². The van der Waals surface area contributed by atoms with Crippen molar-refractivity contribution in [2.45, 2.75) is 10.3 Å². The molecule has 0 bridgehead atoms. The summed E-state index contributed by atoms with van der Waals surface area (Å²) in [6.07, 6.45) is 0. The number of benzene rings is 7. The largest absolute Gasteiger partial charge is 0.315 e. The smallest absolute Gasteiger partial charge is 0.152 e. The zero-order valence-electron chi connectivity index (χ0n) is 25.6. The van der Waals surface area contributed by atoms with Gasteiger partial charge in [0.1, 0.15) is 10.3 Å². The van der Waals surface area contributed by atoms with Crippen LogP contribution >= 0.6 is 7.14 Å². The lowest BCUT2D eigenvalue weighted by atomic mass is 9.82. The summed E-state index contributed by atoms with van der Waals surface area (Å²) in [4.78, 5) is 0. The van der Waals surface area contributed by atoms with Crippen molar-refractivity contribution in [1.29, 1.82) is 0 Å². The molecule has 0 amide bonds. The summed E-state index contributed by atoms with van der Waals surface area (Å²) in [5.74, 6) is 0. The third-order valence-corrected chi connectivity index (χ3v) is 13.7. The van der Waals surface area contributed by atoms with Crippen molar-refractivity contribution >= 4 is 12.4 Å². The van der Waals surface area contributed by atoms with Crippen LogP contribution < -0.4 is 5.30 Å². The average molecular weight is 611 g/mol. The van der Waals surface area contributed by atoms with E-state index in [1.165, 1.54) is 0 Å². The molecule has 1 nitrogen and oxygen atoms in total. The van der Waals surface area contributed by atoms with Crippen LogP contribution in [0.4, 0.5) is 0 Å². The van der Waals surface area contributed by atoms with Crippen LogP contribution in [0.5, 0.6) is 0 Å². The summed E-state index contributed by atoms with van der Waals surface area (Å²) in [5.41, 5.74) is 5.87. The second kappa shape index (κ2) is 12.6. The normalized spacial score (nSPS) is 12.0. The van der Waals surface area contributed by atoms with E-state index in [2.05, 4.69) is 158 Å². The summed E-state index contributed by atoms with van der Waals surface area (Å²) in [7, 11) is -3.89. The summed E-state index contributed by atoms with van der Waals surface area (Å²) in [6.45, 7) is 0. The first kappa shape index (κ1) is 29.5. The fraction of sp³-hybridized carbons (Fsp3) is 0.0455. The molecule has 0 atom stereocenters. The van der Waals surface area contributed by atoms with Crippen molar-refractivity contribution in [2.75, 3.05) is 0 Å². The predicted molar refractivity (Wildman–Crippen MR) is 192 cm³/mol. The van der Waals surface area contributed by atoms with Gasteiger partial charge in [0, 0.05) is 5.30 Å². The van der Waals surface area contributed by atoms with Gasteiger partial charge in [-0.3, -0.25) is 0 Å². The van der Waals surface area contributed by atoms with Gasteiger partial charge in [-0.1, -0.05) is 212 Å². The topological polar surface area (TPSA) is 17.1 Å². The maximum Gasteiger partial charge on any atom is 0.152 e. The lowest BCUT2D eigenvalue weighted by Gasteiger charge is -2.53. The minimum Gasteiger partial charge on any atom is -0.315 e. The van der Waals surface area contributed by atoms with Crippen LogP contribution in [0.15, 0.2) is 212 Å². The Labute approximate surface area is 272 Å². The molecule has 0 aromatic heterocycles. The predicted octanol–water partition coefficient (Wildman–Crippen LogP) is 10.7. The van der Waals surface area contributed by atoms with Crippen LogP contribution in [0.1, 0.15) is 33.4 Å². The molecule has 0 radical (unpaired) electrons. The van der Waals surface area contributed by atoms with E-state index < -0.39 is 17.5 Å². The minimum absolute atomic E-state index is 0.808. The Balaban J connectivity index is 1.83. The van der Waals surface area contributed by atoms with Crippen molar-refractivity contribution in [3.63, 3.8) is 0 Å². The van der Waals surface area contributed by atoms with Gasteiger partial charge >= 0.3 is 0 Å². The third kappa shape index (κ3) is 4.51. The minimum atomic E-state index is -3.89. The highest BCUT2D eigenvalue weighted by molar-refractivity contribution is 7.74. The first-order chi connectivity index (χ1) is 22.7. The second-order valence-electron chi connectivity index (χ2n) is 11.6. The molecule has 7 rings (SSSR count). The highest BCUT2D eigenvalue weighted by Crippen LogP contribution is 2.80. The number of hydrogen-bond donors (Lipinski definition) is 0. The van der Waals surface area contributed by atoms with Crippen LogP contribution in [0.25, 0.3) is 0 Å². The van der Waals surface area contributed by atoms with E-state index in [-0.39, 0.29) is 0 Å². The Morgan fingerprint density at radius 2 is 0.435 bits per heavy atom. The summed E-state index contributed by atoms with van der Waals surface area (Å²) >= 11 is 0. The standard InChI is InChI=1S/C44H35OP/c45-46(42-34-20-7-21-35-42,43(36-22-8-1-9-23-36,37-24-10-2-11-25-37)38-26-12-3-13-27-38)44(39-28-14-4-15-29-39,40-30-16-5-17-31-40)41-32-18-6-19-33-41/h1-35H. The highest BCUT2D eigenvalue weighted by Gasteiger charge is 2.65. The van der Waals surface area contributed by atoms with Gasteiger partial charge in [0.15, 0.2) is 7.14 Å². The molecule has 222 valence electrons. The van der Waals surface area contributed by atoms with Crippen molar-refractivity contribution in [2.24, 2.45) is 0 Å². The molecule has 0 unspecified atom stereocenters. The zero-order chi connectivity index (χ0) is 31.3. The Kier molecular flexibility index (Phi) is 8.10. The monoisotopic (exact) mass is 610 g/mol. The fourth-order valence-electron chi connectivity index (χ4n) is 7.44. The lowest BCUT2D eigenvalue weighted by molar-refractivity contribution is 0.546. The van der Waals surface area contributed by atoms with Crippen LogP contribution in [-0.2, 0) is 14.9 Å². The van der Waals surface area contributed by atoms with Crippen molar-refractivity contribution in [3.05, 3.63) is 246 Å². The molecule has 0 N–H and O–H groups in total. The van der Waals surface area contributed by atoms with Gasteiger partial charge in [0.25, 0.3) is 0 Å². The van der Waals surface area contributed by atoms with Crippen molar-refractivity contribution in [1.82, 2.24) is 0 Å². The molecule has 7 aromatic carbocycles. The second-order valence-corrected chi connectivity index (χ2v) is 14.6. The van der Waals surface area contributed by atoms with E-state index >= 15 is 4.57 Å². The van der Waals surface area contributed by atoms with E-state index in [4.69, 9.17) is 0 Å². The Morgan fingerprint density at radius 1 is 0.261 bits per heavy atom. The van der Waals surface area contributed by atoms with Crippen molar-refractivity contribution in [3.8, 4) is 0 Å². The van der Waals surface area contributed by atoms with E-state index in [0.717, 1.165) is 38.7 Å². The molecule has 0 saturated carbocycles. The molecule has 0 aliphatic heterocycles. The Morgan fingerprint density at radius 3 is 0.630 bits per heavy atom. The van der Waals surface area contributed by atoms with Gasteiger partial charge in [-0.15, -0.1) is 0 Å². The summed E-state index contributed by atoms with van der Waals surface area (Å²) in [6, 6.07) is 73.1. The Bertz CT molecular complexity index is 1700. The quantitative estimate of drug-likeness (QED) is 0.117. The number of hydrogen-bond acceptors (Lipinski definition) is 1. The van der Waals surface area contributed by atoms with E-state index in [1.54, 1.807) is 0 Å². The fourth-order valence-corrected chi connectivity index (χ4v) is 12.4. The molecule has 7 aromatic rings. The molecule has 46 heavy (non-hydrogen) atoms. The van der Waals surface area contributed by atoms with Gasteiger partial charge < -0.3 is 4.57 Å². The highest BCUT2D eigenvalue weighted by atomic mass is 31.2. The Hall–Kier alpha value is -5.23. The van der Waals surface area contributed by atoms with E-state index in [9.17, 15) is 0 Å². The lowest BCUT2D eigenvalue weighted by Crippen LogP contribution is -2.45. The maximum absolute atomic E-state index is 18.3. The SMILES string of the molecule is O=P(c1ccccc1)(C(c1ccccc1)(c1ccccc1)c1ccccc1)C(c1ccccc1)(c1ccccc1)c1ccccc1. The first-order valence-electron chi connectivity index (χ1n) is 15.7. The zero-order valence-corrected chi connectivity index (χ0v) is 26.5. The van der Waals surface area contributed by atoms with Crippen molar-refractivity contribution < 1.29 is 4.57 Å². The molecule has 0 fully saturated rings. The maximum atomic E-state index is 18.3. The van der Waals surface area contributed by atoms with E-state index in [1.807, 2.05) is 54.6 Å². The molecule has 2 heteroatoms.